The maximum absolute atomic E-state index is 11.4. The van der Waals surface area contributed by atoms with Crippen LogP contribution in [0.2, 0.25) is 0 Å². The maximum Gasteiger partial charge on any atom is 0.307 e. The first-order valence-electron chi connectivity index (χ1n) is 9.99. The monoisotopic (exact) mass is 354 g/mol. The first-order valence-corrected chi connectivity index (χ1v) is 9.99. The van der Waals surface area contributed by atoms with Crippen LogP contribution in [0.3, 0.4) is 0 Å². The SMILES string of the molecule is COc1ccc2c(c1)CC[C@@H]1[C@@H]2CC[C@]2(C)/C(=C(/C)OC(C)=O)CC[C@@H]12. The third kappa shape index (κ3) is 2.67. The molecule has 3 heteroatoms. The van der Waals surface area contributed by atoms with E-state index < -0.39 is 0 Å². The maximum atomic E-state index is 11.4. The normalized spacial score (nSPS) is 34.4. The van der Waals surface area contributed by atoms with E-state index in [1.54, 1.807) is 12.7 Å². The summed E-state index contributed by atoms with van der Waals surface area (Å²) in [6, 6.07) is 6.67. The van der Waals surface area contributed by atoms with Gasteiger partial charge in [-0.3, -0.25) is 4.79 Å². The third-order valence-corrected chi connectivity index (χ3v) is 7.44. The third-order valence-electron chi connectivity index (χ3n) is 7.44. The molecule has 0 aromatic heterocycles. The van der Waals surface area contributed by atoms with E-state index in [0.717, 1.165) is 30.3 Å². The summed E-state index contributed by atoms with van der Waals surface area (Å²) in [6.45, 7) is 5.91. The van der Waals surface area contributed by atoms with Crippen LogP contribution >= 0.6 is 0 Å². The summed E-state index contributed by atoms with van der Waals surface area (Å²) < 4.78 is 10.9. The van der Waals surface area contributed by atoms with Crippen molar-refractivity contribution in [2.75, 3.05) is 7.11 Å². The van der Waals surface area contributed by atoms with Crippen molar-refractivity contribution in [3.05, 3.63) is 40.7 Å². The van der Waals surface area contributed by atoms with Crippen molar-refractivity contribution < 1.29 is 14.3 Å². The van der Waals surface area contributed by atoms with Crippen molar-refractivity contribution >= 4 is 5.97 Å². The quantitative estimate of drug-likeness (QED) is 0.528. The average Bonchev–Trinajstić information content (AvgIpc) is 2.97. The van der Waals surface area contributed by atoms with E-state index in [-0.39, 0.29) is 11.4 Å². The van der Waals surface area contributed by atoms with Crippen molar-refractivity contribution in [2.24, 2.45) is 17.3 Å². The molecule has 0 bridgehead atoms. The molecule has 2 saturated carbocycles. The van der Waals surface area contributed by atoms with Gasteiger partial charge in [-0.2, -0.15) is 0 Å². The molecular weight excluding hydrogens is 324 g/mol. The average molecular weight is 354 g/mol. The molecule has 0 amide bonds. The lowest BCUT2D eigenvalue weighted by Gasteiger charge is -2.49. The Bertz CT molecular complexity index is 763. The predicted molar refractivity (Wildman–Crippen MR) is 102 cm³/mol. The second-order valence-electron chi connectivity index (χ2n) is 8.60. The van der Waals surface area contributed by atoms with Gasteiger partial charge >= 0.3 is 5.97 Å². The van der Waals surface area contributed by atoms with Crippen molar-refractivity contribution in [1.29, 1.82) is 0 Å². The van der Waals surface area contributed by atoms with Gasteiger partial charge in [0, 0.05) is 6.92 Å². The molecule has 4 rings (SSSR count). The largest absolute Gasteiger partial charge is 0.497 e. The van der Waals surface area contributed by atoms with E-state index in [9.17, 15) is 4.79 Å². The number of esters is 1. The number of ether oxygens (including phenoxy) is 2. The van der Waals surface area contributed by atoms with Crippen molar-refractivity contribution in [3.8, 4) is 5.75 Å². The minimum atomic E-state index is -0.198. The van der Waals surface area contributed by atoms with Crippen LogP contribution in [0.4, 0.5) is 0 Å². The summed E-state index contributed by atoms with van der Waals surface area (Å²) in [5, 5.41) is 0. The number of benzene rings is 1. The molecule has 0 saturated heterocycles. The molecule has 3 nitrogen and oxygen atoms in total. The second-order valence-corrected chi connectivity index (χ2v) is 8.60. The number of methoxy groups -OCH3 is 1. The summed E-state index contributed by atoms with van der Waals surface area (Å²) in [6.07, 6.45) is 7.16. The molecule has 26 heavy (non-hydrogen) atoms. The molecule has 0 spiro atoms. The van der Waals surface area contributed by atoms with Crippen molar-refractivity contribution in [2.45, 2.75) is 65.2 Å². The lowest BCUT2D eigenvalue weighted by atomic mass is 9.55. The first kappa shape index (κ1) is 17.6. The Morgan fingerprint density at radius 3 is 2.69 bits per heavy atom. The Kier molecular flexibility index (Phi) is 4.37. The molecule has 1 aromatic rings. The topological polar surface area (TPSA) is 35.5 Å². The molecule has 3 aliphatic rings. The van der Waals surface area contributed by atoms with Crippen LogP contribution in [0.5, 0.6) is 5.75 Å². The van der Waals surface area contributed by atoms with E-state index >= 15 is 0 Å². The van der Waals surface area contributed by atoms with E-state index in [1.807, 2.05) is 6.92 Å². The van der Waals surface area contributed by atoms with Gasteiger partial charge in [-0.15, -0.1) is 0 Å². The van der Waals surface area contributed by atoms with Crippen LogP contribution in [0.15, 0.2) is 29.5 Å². The Labute approximate surface area is 156 Å². The standard InChI is InChI=1S/C23H30O3/c1-14(26-15(2)24)21-9-10-22-20-7-5-16-13-17(25-4)6-8-18(16)19(20)11-12-23(21,22)3/h6,8,13,19-20,22H,5,7,9-12H2,1-4H3/b21-14-/t19-,20-,22+,23-/m1/s1. The number of hydrogen-bond donors (Lipinski definition) is 0. The smallest absolute Gasteiger partial charge is 0.307 e. The van der Waals surface area contributed by atoms with Crippen molar-refractivity contribution in [1.82, 2.24) is 0 Å². The Morgan fingerprint density at radius 1 is 1.15 bits per heavy atom. The van der Waals surface area contributed by atoms with Crippen LogP contribution < -0.4 is 4.74 Å². The van der Waals surface area contributed by atoms with Gasteiger partial charge in [0.25, 0.3) is 0 Å². The molecule has 0 heterocycles. The van der Waals surface area contributed by atoms with Crippen molar-refractivity contribution in [3.63, 3.8) is 0 Å². The summed E-state index contributed by atoms with van der Waals surface area (Å²) >= 11 is 0. The van der Waals surface area contributed by atoms with Gasteiger partial charge in [-0.1, -0.05) is 13.0 Å². The number of aryl methyl sites for hydroxylation is 1. The summed E-state index contributed by atoms with van der Waals surface area (Å²) in [7, 11) is 1.75. The first-order chi connectivity index (χ1) is 12.4. The molecule has 1 aromatic carbocycles. The number of hydrogen-bond acceptors (Lipinski definition) is 3. The zero-order valence-corrected chi connectivity index (χ0v) is 16.4. The number of rotatable bonds is 2. The van der Waals surface area contributed by atoms with E-state index in [4.69, 9.17) is 9.47 Å². The van der Waals surface area contributed by atoms with Crippen LogP contribution in [-0.4, -0.2) is 13.1 Å². The van der Waals surface area contributed by atoms with E-state index in [2.05, 4.69) is 25.1 Å². The Morgan fingerprint density at radius 2 is 1.96 bits per heavy atom. The molecule has 0 unspecified atom stereocenters. The summed E-state index contributed by atoms with van der Waals surface area (Å²) in [4.78, 5) is 11.4. The predicted octanol–water partition coefficient (Wildman–Crippen LogP) is 5.39. The Hall–Kier alpha value is -1.77. The highest BCUT2D eigenvalue weighted by Gasteiger charge is 2.53. The van der Waals surface area contributed by atoms with Crippen LogP contribution in [0.25, 0.3) is 0 Å². The number of carbonyl (C=O) groups excluding carboxylic acids is 1. The fourth-order valence-electron chi connectivity index (χ4n) is 6.35. The van der Waals surface area contributed by atoms with Gasteiger partial charge in [0.1, 0.15) is 11.5 Å². The van der Waals surface area contributed by atoms with Gasteiger partial charge in [-0.05, 0) is 97.5 Å². The van der Waals surface area contributed by atoms with Gasteiger partial charge in [0.05, 0.1) is 7.11 Å². The Balaban J connectivity index is 1.65. The van der Waals surface area contributed by atoms with Gasteiger partial charge < -0.3 is 9.47 Å². The minimum absolute atomic E-state index is 0.198. The zero-order chi connectivity index (χ0) is 18.5. The zero-order valence-electron chi connectivity index (χ0n) is 16.4. The molecule has 0 N–H and O–H groups in total. The highest BCUT2D eigenvalue weighted by atomic mass is 16.5. The van der Waals surface area contributed by atoms with E-state index in [0.29, 0.717) is 11.8 Å². The molecule has 4 atom stereocenters. The highest BCUT2D eigenvalue weighted by Crippen LogP contribution is 2.63. The summed E-state index contributed by atoms with van der Waals surface area (Å²) in [5.74, 6) is 3.77. The van der Waals surface area contributed by atoms with Gasteiger partial charge in [0.2, 0.25) is 0 Å². The highest BCUT2D eigenvalue weighted by molar-refractivity contribution is 5.67. The fourth-order valence-corrected chi connectivity index (χ4v) is 6.35. The van der Waals surface area contributed by atoms with Crippen LogP contribution in [0, 0.1) is 17.3 Å². The molecular formula is C23H30O3. The number of carbonyl (C=O) groups is 1. The van der Waals surface area contributed by atoms with Gasteiger partial charge in [0.15, 0.2) is 0 Å². The lowest BCUT2D eigenvalue weighted by molar-refractivity contribution is -0.137. The van der Waals surface area contributed by atoms with E-state index in [1.165, 1.54) is 43.7 Å². The van der Waals surface area contributed by atoms with Gasteiger partial charge in [-0.25, -0.2) is 0 Å². The fraction of sp³-hybridized carbons (Fsp3) is 0.609. The number of allylic oxidation sites excluding steroid dienone is 2. The molecule has 140 valence electrons. The molecule has 0 radical (unpaired) electrons. The number of fused-ring (bicyclic) bond motifs is 5. The second kappa shape index (κ2) is 6.44. The molecule has 2 fully saturated rings. The minimum Gasteiger partial charge on any atom is -0.497 e. The van der Waals surface area contributed by atoms with Crippen LogP contribution in [-0.2, 0) is 16.0 Å². The summed E-state index contributed by atoms with van der Waals surface area (Å²) in [5.41, 5.74) is 4.64. The molecule has 0 aliphatic heterocycles. The van der Waals surface area contributed by atoms with Crippen LogP contribution in [0.1, 0.15) is 69.9 Å². The molecule has 3 aliphatic carbocycles. The lowest BCUT2D eigenvalue weighted by Crippen LogP contribution is -2.40.